The number of ether oxygens (including phenoxy) is 3. The number of aliphatic hydroxyl groups is 1. The van der Waals surface area contributed by atoms with Crippen LogP contribution in [0.2, 0.25) is 0 Å². The van der Waals surface area contributed by atoms with Crippen LogP contribution in [-0.4, -0.2) is 51.5 Å². The Hall–Kier alpha value is -4.53. The highest BCUT2D eigenvalue weighted by atomic mass is 16.6. The van der Waals surface area contributed by atoms with Crippen molar-refractivity contribution in [2.75, 3.05) is 6.61 Å². The number of carbonyl (C=O) groups is 2. The summed E-state index contributed by atoms with van der Waals surface area (Å²) in [5, 5.41) is 21.0. The summed E-state index contributed by atoms with van der Waals surface area (Å²) >= 11 is 0. The van der Waals surface area contributed by atoms with E-state index in [0.717, 1.165) is 12.3 Å². The number of aromatic amines is 1. The number of H-pyrrole nitrogens is 1. The molecule has 0 saturated carbocycles. The van der Waals surface area contributed by atoms with E-state index in [9.17, 15) is 29.5 Å². The number of nitrogens with zero attached hydrogens (tertiary/aromatic N) is 2. The molecule has 0 bridgehead atoms. The second-order valence-electron chi connectivity index (χ2n) is 7.59. The predicted molar refractivity (Wildman–Crippen MR) is 118 cm³/mol. The van der Waals surface area contributed by atoms with Crippen LogP contribution in [0.3, 0.4) is 0 Å². The van der Waals surface area contributed by atoms with E-state index in [4.69, 9.17) is 14.2 Å². The van der Waals surface area contributed by atoms with Crippen LogP contribution in [-0.2, 0) is 19.9 Å². The molecule has 3 aromatic rings. The molecule has 11 nitrogen and oxygen atoms in total. The van der Waals surface area contributed by atoms with Gasteiger partial charge in [0.05, 0.1) is 11.1 Å². The van der Waals surface area contributed by atoms with Gasteiger partial charge in [0.2, 0.25) is 0 Å². The maximum Gasteiger partial charge on any atom is 0.338 e. The number of rotatable bonds is 6. The van der Waals surface area contributed by atoms with Gasteiger partial charge in [-0.05, 0) is 24.3 Å². The molecule has 35 heavy (non-hydrogen) atoms. The third-order valence-corrected chi connectivity index (χ3v) is 5.39. The highest BCUT2D eigenvalue weighted by molar-refractivity contribution is 5.90. The van der Waals surface area contributed by atoms with Gasteiger partial charge < -0.3 is 19.3 Å². The molecule has 0 aliphatic carbocycles. The molecule has 2 aromatic carbocycles. The van der Waals surface area contributed by atoms with Crippen molar-refractivity contribution in [1.82, 2.24) is 9.55 Å². The number of nitriles is 1. The summed E-state index contributed by atoms with van der Waals surface area (Å²) in [6.07, 6.45) is -3.75. The summed E-state index contributed by atoms with van der Waals surface area (Å²) in [5.41, 5.74) is -3.74. The molecule has 1 fully saturated rings. The molecule has 1 aliphatic rings. The summed E-state index contributed by atoms with van der Waals surface area (Å²) in [4.78, 5) is 51.0. The van der Waals surface area contributed by atoms with Gasteiger partial charge in [0, 0.05) is 12.3 Å². The Morgan fingerprint density at radius 3 is 2.20 bits per heavy atom. The van der Waals surface area contributed by atoms with Crippen molar-refractivity contribution in [1.29, 1.82) is 5.26 Å². The van der Waals surface area contributed by atoms with Crippen molar-refractivity contribution < 1.29 is 28.9 Å². The molecule has 1 saturated heterocycles. The number of hydrogen-bond acceptors (Lipinski definition) is 9. The fraction of sp³-hybridized carbons (Fsp3) is 0.208. The summed E-state index contributed by atoms with van der Waals surface area (Å²) in [7, 11) is 0. The number of aliphatic hydroxyl groups excluding tert-OH is 1. The Morgan fingerprint density at radius 2 is 1.63 bits per heavy atom. The summed E-state index contributed by atoms with van der Waals surface area (Å²) in [6, 6.07) is 18.6. The Balaban J connectivity index is 1.66. The Morgan fingerprint density at radius 1 is 1.03 bits per heavy atom. The molecule has 2 heterocycles. The fourth-order valence-corrected chi connectivity index (χ4v) is 3.67. The SMILES string of the molecule is N#C[C@@]1(n2ccc(=O)[nH]c2=O)O[C@H](COC(=O)c2ccccc2)[C@@H](OC(=O)c2ccccc2)[C@H]1O. The van der Waals surface area contributed by atoms with Gasteiger partial charge in [-0.15, -0.1) is 0 Å². The number of nitrogens with one attached hydrogen (secondary N) is 1. The van der Waals surface area contributed by atoms with Gasteiger partial charge in [-0.2, -0.15) is 5.26 Å². The average Bonchev–Trinajstić information content (AvgIpc) is 3.14. The Kier molecular flexibility index (Phi) is 6.59. The quantitative estimate of drug-likeness (QED) is 0.483. The van der Waals surface area contributed by atoms with Crippen LogP contribution in [0.25, 0.3) is 0 Å². The van der Waals surface area contributed by atoms with E-state index in [1.165, 1.54) is 24.3 Å². The van der Waals surface area contributed by atoms with Crippen LogP contribution in [0.5, 0.6) is 0 Å². The minimum Gasteiger partial charge on any atom is -0.459 e. The van der Waals surface area contributed by atoms with Gasteiger partial charge in [-0.25, -0.2) is 14.4 Å². The van der Waals surface area contributed by atoms with Gasteiger partial charge in [-0.3, -0.25) is 14.3 Å². The standard InChI is InChI=1S/C24H19N3O8/c25-14-24(27-12-11-18(28)26-23(27)32)20(29)19(34-22(31)16-9-5-2-6-10-16)17(35-24)13-33-21(30)15-7-3-1-4-8-15/h1-12,17,19-20,29H,13H2,(H,26,28,32)/t17-,19-,20-,24-/m1/s1. The zero-order valence-corrected chi connectivity index (χ0v) is 18.1. The van der Waals surface area contributed by atoms with Crippen molar-refractivity contribution in [2.24, 2.45) is 0 Å². The summed E-state index contributed by atoms with van der Waals surface area (Å²) < 4.78 is 17.1. The largest absolute Gasteiger partial charge is 0.459 e. The molecule has 1 aliphatic heterocycles. The minimum absolute atomic E-state index is 0.162. The lowest BCUT2D eigenvalue weighted by Gasteiger charge is -2.26. The number of hydrogen-bond donors (Lipinski definition) is 2. The van der Waals surface area contributed by atoms with Gasteiger partial charge in [0.15, 0.2) is 12.2 Å². The van der Waals surface area contributed by atoms with Crippen LogP contribution in [0.4, 0.5) is 0 Å². The second-order valence-corrected chi connectivity index (χ2v) is 7.59. The van der Waals surface area contributed by atoms with Crippen molar-refractivity contribution in [2.45, 2.75) is 24.0 Å². The maximum atomic E-state index is 12.7. The topological polar surface area (TPSA) is 161 Å². The van der Waals surface area contributed by atoms with E-state index in [-0.39, 0.29) is 11.1 Å². The molecule has 178 valence electrons. The van der Waals surface area contributed by atoms with Crippen molar-refractivity contribution in [3.63, 3.8) is 0 Å². The zero-order chi connectivity index (χ0) is 25.0. The van der Waals surface area contributed by atoms with Gasteiger partial charge >= 0.3 is 17.6 Å². The molecule has 0 unspecified atom stereocenters. The van der Waals surface area contributed by atoms with Crippen molar-refractivity contribution >= 4 is 11.9 Å². The molecule has 4 rings (SSSR count). The third kappa shape index (κ3) is 4.61. The number of aromatic nitrogens is 2. The molecule has 11 heteroatoms. The van der Waals surface area contributed by atoms with Crippen LogP contribution in [0.15, 0.2) is 82.5 Å². The highest BCUT2D eigenvalue weighted by Gasteiger charge is 2.59. The van der Waals surface area contributed by atoms with E-state index < -0.39 is 53.8 Å². The second kappa shape index (κ2) is 9.76. The van der Waals surface area contributed by atoms with E-state index in [2.05, 4.69) is 0 Å². The molecule has 4 atom stereocenters. The Bertz CT molecular complexity index is 1380. The van der Waals surface area contributed by atoms with Gasteiger partial charge in [0.25, 0.3) is 11.3 Å². The number of carbonyl (C=O) groups excluding carboxylic acids is 2. The molecular weight excluding hydrogens is 458 g/mol. The molecular formula is C24H19N3O8. The van der Waals surface area contributed by atoms with Gasteiger partial charge in [-0.1, -0.05) is 36.4 Å². The van der Waals surface area contributed by atoms with E-state index in [1.54, 1.807) is 42.5 Å². The average molecular weight is 477 g/mol. The smallest absolute Gasteiger partial charge is 0.338 e. The molecule has 2 N–H and O–H groups in total. The van der Waals surface area contributed by atoms with E-state index in [0.29, 0.717) is 4.57 Å². The third-order valence-electron chi connectivity index (χ3n) is 5.39. The minimum atomic E-state index is -2.38. The molecule has 0 radical (unpaired) electrons. The van der Waals surface area contributed by atoms with Crippen LogP contribution >= 0.6 is 0 Å². The predicted octanol–water partition coefficient (Wildman–Crippen LogP) is 0.555. The zero-order valence-electron chi connectivity index (χ0n) is 18.1. The van der Waals surface area contributed by atoms with Gasteiger partial charge in [0.1, 0.15) is 18.8 Å². The fourth-order valence-electron chi connectivity index (χ4n) is 3.67. The first-order valence-corrected chi connectivity index (χ1v) is 10.4. The number of esters is 2. The first-order valence-electron chi connectivity index (χ1n) is 10.4. The lowest BCUT2D eigenvalue weighted by molar-refractivity contribution is -0.110. The molecule has 1 aromatic heterocycles. The highest BCUT2D eigenvalue weighted by Crippen LogP contribution is 2.36. The maximum absolute atomic E-state index is 12.7. The van der Waals surface area contributed by atoms with Crippen LogP contribution < -0.4 is 11.2 Å². The summed E-state index contributed by atoms with van der Waals surface area (Å²) in [6.45, 7) is -0.515. The normalized spacial score (nSPS) is 23.3. The molecule has 0 amide bonds. The van der Waals surface area contributed by atoms with Crippen LogP contribution in [0, 0.1) is 11.3 Å². The lowest BCUT2D eigenvalue weighted by Crippen LogP contribution is -2.51. The van der Waals surface area contributed by atoms with Crippen molar-refractivity contribution in [3.05, 3.63) is 105 Å². The van der Waals surface area contributed by atoms with Crippen LogP contribution in [0.1, 0.15) is 20.7 Å². The first-order chi connectivity index (χ1) is 16.9. The summed E-state index contributed by atoms with van der Waals surface area (Å²) in [5.74, 6) is -1.55. The van der Waals surface area contributed by atoms with E-state index in [1.807, 2.05) is 4.98 Å². The lowest BCUT2D eigenvalue weighted by atomic mass is 10.0. The first kappa shape index (κ1) is 23.6. The number of benzene rings is 2. The van der Waals surface area contributed by atoms with E-state index >= 15 is 0 Å². The Labute approximate surface area is 197 Å². The van der Waals surface area contributed by atoms with Crippen molar-refractivity contribution in [3.8, 4) is 6.07 Å². The monoisotopic (exact) mass is 477 g/mol. The molecule has 0 spiro atoms.